The SMILES string of the molecule is CNC(=O)CN1C(=O)[C@@H]2[C@@H](C1=O)[C@H]1C=C[C@H]2C1. The van der Waals surface area contributed by atoms with Crippen molar-refractivity contribution in [3.05, 3.63) is 12.2 Å². The first-order valence-electron chi connectivity index (χ1n) is 5.87. The van der Waals surface area contributed by atoms with Crippen molar-refractivity contribution in [3.8, 4) is 0 Å². The molecule has 1 saturated heterocycles. The van der Waals surface area contributed by atoms with E-state index in [1.54, 1.807) is 0 Å². The van der Waals surface area contributed by atoms with Gasteiger partial charge in [0.2, 0.25) is 17.7 Å². The van der Waals surface area contributed by atoms with Gasteiger partial charge in [-0.1, -0.05) is 12.2 Å². The minimum Gasteiger partial charge on any atom is -0.358 e. The molecule has 90 valence electrons. The zero-order valence-electron chi connectivity index (χ0n) is 9.55. The third-order valence-corrected chi connectivity index (χ3v) is 4.14. The summed E-state index contributed by atoms with van der Waals surface area (Å²) in [5.41, 5.74) is 0. The second-order valence-electron chi connectivity index (χ2n) is 4.94. The molecule has 1 heterocycles. The van der Waals surface area contributed by atoms with Gasteiger partial charge in [-0.05, 0) is 18.3 Å². The quantitative estimate of drug-likeness (QED) is 0.519. The molecule has 0 aromatic carbocycles. The topological polar surface area (TPSA) is 66.5 Å². The van der Waals surface area contributed by atoms with Crippen LogP contribution >= 0.6 is 0 Å². The average molecular weight is 234 g/mol. The molecule has 0 unspecified atom stereocenters. The molecule has 0 radical (unpaired) electrons. The van der Waals surface area contributed by atoms with Crippen LogP contribution in [0.5, 0.6) is 0 Å². The van der Waals surface area contributed by atoms with Crippen LogP contribution in [-0.4, -0.2) is 36.2 Å². The number of hydrogen-bond acceptors (Lipinski definition) is 3. The number of likely N-dealkylation sites (tertiary alicyclic amines) is 1. The summed E-state index contributed by atoms with van der Waals surface area (Å²) in [6.45, 7) is -0.138. The Labute approximate surface area is 98.8 Å². The van der Waals surface area contributed by atoms with Crippen LogP contribution in [0.3, 0.4) is 0 Å². The van der Waals surface area contributed by atoms with Crippen LogP contribution in [0.4, 0.5) is 0 Å². The number of hydrogen-bond donors (Lipinski definition) is 1. The Morgan fingerprint density at radius 3 is 2.29 bits per heavy atom. The van der Waals surface area contributed by atoms with E-state index in [9.17, 15) is 14.4 Å². The molecular formula is C12H14N2O3. The predicted octanol–water partition coefficient (Wildman–Crippen LogP) is -0.461. The van der Waals surface area contributed by atoms with Crippen LogP contribution in [0.25, 0.3) is 0 Å². The number of likely N-dealkylation sites (N-methyl/N-ethyl adjacent to an activating group) is 1. The second-order valence-corrected chi connectivity index (χ2v) is 4.94. The number of allylic oxidation sites excluding steroid dienone is 2. The van der Waals surface area contributed by atoms with Gasteiger partial charge in [-0.25, -0.2) is 0 Å². The molecule has 1 saturated carbocycles. The third-order valence-electron chi connectivity index (χ3n) is 4.14. The molecule has 0 aromatic heterocycles. The molecule has 1 N–H and O–H groups in total. The summed E-state index contributed by atoms with van der Waals surface area (Å²) in [7, 11) is 1.50. The van der Waals surface area contributed by atoms with E-state index in [1.165, 1.54) is 7.05 Å². The summed E-state index contributed by atoms with van der Waals surface area (Å²) in [5, 5.41) is 2.44. The molecule has 2 bridgehead atoms. The molecule has 0 aromatic rings. The number of nitrogens with one attached hydrogen (secondary N) is 1. The number of nitrogens with zero attached hydrogens (tertiary/aromatic N) is 1. The van der Waals surface area contributed by atoms with Gasteiger partial charge in [0.25, 0.3) is 0 Å². The lowest BCUT2D eigenvalue weighted by atomic mass is 9.85. The summed E-state index contributed by atoms with van der Waals surface area (Å²) in [5.74, 6) is -0.635. The van der Waals surface area contributed by atoms with Gasteiger partial charge in [-0.2, -0.15) is 0 Å². The van der Waals surface area contributed by atoms with Gasteiger partial charge < -0.3 is 5.32 Å². The largest absolute Gasteiger partial charge is 0.358 e. The maximum absolute atomic E-state index is 12.1. The number of rotatable bonds is 2. The Balaban J connectivity index is 1.85. The third kappa shape index (κ3) is 1.28. The summed E-state index contributed by atoms with van der Waals surface area (Å²) >= 11 is 0. The molecule has 3 rings (SSSR count). The maximum Gasteiger partial charge on any atom is 0.239 e. The van der Waals surface area contributed by atoms with Crippen molar-refractivity contribution in [2.75, 3.05) is 13.6 Å². The van der Waals surface area contributed by atoms with Crippen LogP contribution < -0.4 is 5.32 Å². The van der Waals surface area contributed by atoms with E-state index in [0.717, 1.165) is 11.3 Å². The summed E-state index contributed by atoms with van der Waals surface area (Å²) < 4.78 is 0. The van der Waals surface area contributed by atoms with Crippen molar-refractivity contribution in [1.29, 1.82) is 0 Å². The van der Waals surface area contributed by atoms with Gasteiger partial charge >= 0.3 is 0 Å². The lowest BCUT2D eigenvalue weighted by molar-refractivity contribution is -0.144. The van der Waals surface area contributed by atoms with Crippen molar-refractivity contribution in [2.24, 2.45) is 23.7 Å². The predicted molar refractivity (Wildman–Crippen MR) is 58.5 cm³/mol. The van der Waals surface area contributed by atoms with Gasteiger partial charge in [0.05, 0.1) is 11.8 Å². The Morgan fingerprint density at radius 2 is 1.82 bits per heavy atom. The number of carbonyl (C=O) groups excluding carboxylic acids is 3. The lowest BCUT2D eigenvalue weighted by Gasteiger charge is -2.15. The van der Waals surface area contributed by atoms with E-state index >= 15 is 0 Å². The monoisotopic (exact) mass is 234 g/mol. The summed E-state index contributed by atoms with van der Waals surface area (Å²) in [4.78, 5) is 36.7. The van der Waals surface area contributed by atoms with Gasteiger partial charge in [-0.3, -0.25) is 19.3 Å². The first kappa shape index (κ1) is 10.5. The normalized spacial score (nSPS) is 37.8. The van der Waals surface area contributed by atoms with Crippen LogP contribution in [0.2, 0.25) is 0 Å². The number of amides is 3. The molecule has 17 heavy (non-hydrogen) atoms. The molecule has 5 nitrogen and oxygen atoms in total. The fourth-order valence-corrected chi connectivity index (χ4v) is 3.34. The molecule has 5 heteroatoms. The van der Waals surface area contributed by atoms with Gasteiger partial charge in [0.1, 0.15) is 6.54 Å². The van der Waals surface area contributed by atoms with Crippen molar-refractivity contribution < 1.29 is 14.4 Å². The fourth-order valence-electron chi connectivity index (χ4n) is 3.34. The summed E-state index contributed by atoms with van der Waals surface area (Å²) in [6.07, 6.45) is 5.00. The van der Waals surface area contributed by atoms with E-state index in [0.29, 0.717) is 0 Å². The zero-order chi connectivity index (χ0) is 12.2. The second kappa shape index (κ2) is 3.42. The van der Waals surface area contributed by atoms with E-state index in [4.69, 9.17) is 0 Å². The van der Waals surface area contributed by atoms with Crippen molar-refractivity contribution in [1.82, 2.24) is 10.2 Å². The van der Waals surface area contributed by atoms with Crippen molar-refractivity contribution in [2.45, 2.75) is 6.42 Å². The Bertz CT molecular complexity index is 413. The van der Waals surface area contributed by atoms with Crippen LogP contribution in [0.15, 0.2) is 12.2 Å². The van der Waals surface area contributed by atoms with E-state index in [-0.39, 0.29) is 47.9 Å². The molecule has 2 aliphatic carbocycles. The lowest BCUT2D eigenvalue weighted by Crippen LogP contribution is -2.40. The zero-order valence-corrected chi connectivity index (χ0v) is 9.55. The Hall–Kier alpha value is -1.65. The Morgan fingerprint density at radius 1 is 1.29 bits per heavy atom. The summed E-state index contributed by atoms with van der Waals surface area (Å²) in [6, 6.07) is 0. The average Bonchev–Trinajstić information content (AvgIpc) is 2.98. The molecule has 3 aliphatic rings. The first-order valence-corrected chi connectivity index (χ1v) is 5.87. The molecule has 1 aliphatic heterocycles. The maximum atomic E-state index is 12.1. The van der Waals surface area contributed by atoms with Crippen LogP contribution in [0.1, 0.15) is 6.42 Å². The highest BCUT2D eigenvalue weighted by atomic mass is 16.2. The highest BCUT2D eigenvalue weighted by molar-refractivity contribution is 6.08. The molecule has 4 atom stereocenters. The van der Waals surface area contributed by atoms with E-state index < -0.39 is 0 Å². The number of imide groups is 1. The van der Waals surface area contributed by atoms with Crippen molar-refractivity contribution >= 4 is 17.7 Å². The highest BCUT2D eigenvalue weighted by Gasteiger charge is 2.59. The van der Waals surface area contributed by atoms with Crippen molar-refractivity contribution in [3.63, 3.8) is 0 Å². The minimum absolute atomic E-state index is 0.138. The fraction of sp³-hybridized carbons (Fsp3) is 0.583. The Kier molecular flexibility index (Phi) is 2.11. The highest BCUT2D eigenvalue weighted by Crippen LogP contribution is 2.52. The standard InChI is InChI=1S/C12H14N2O3/c1-13-8(15)5-14-11(16)9-6-2-3-7(4-6)10(9)12(14)17/h2-3,6-7,9-10H,4-5H2,1H3,(H,13,15)/t6-,7-,9-,10-/m0/s1. The van der Waals surface area contributed by atoms with Gasteiger partial charge in [-0.15, -0.1) is 0 Å². The van der Waals surface area contributed by atoms with Gasteiger partial charge in [0.15, 0.2) is 0 Å². The minimum atomic E-state index is -0.299. The molecule has 0 spiro atoms. The molecule has 3 amide bonds. The van der Waals surface area contributed by atoms with E-state index in [1.807, 2.05) is 12.2 Å². The molecule has 2 fully saturated rings. The first-order chi connectivity index (χ1) is 8.13. The smallest absolute Gasteiger partial charge is 0.239 e. The number of fused-ring (bicyclic) bond motifs is 5. The van der Waals surface area contributed by atoms with Crippen LogP contribution in [0, 0.1) is 23.7 Å². The van der Waals surface area contributed by atoms with E-state index in [2.05, 4.69) is 5.32 Å². The number of carbonyl (C=O) groups is 3. The molecular weight excluding hydrogens is 220 g/mol. The van der Waals surface area contributed by atoms with Crippen LogP contribution in [-0.2, 0) is 14.4 Å². The van der Waals surface area contributed by atoms with Gasteiger partial charge in [0, 0.05) is 7.05 Å².